The van der Waals surface area contributed by atoms with Gasteiger partial charge in [0.2, 0.25) is 5.91 Å². The second kappa shape index (κ2) is 9.00. The number of benzene rings is 1. The quantitative estimate of drug-likeness (QED) is 0.464. The van der Waals surface area contributed by atoms with Gasteiger partial charge in [-0.1, -0.05) is 12.1 Å². The van der Waals surface area contributed by atoms with Crippen LogP contribution in [0.15, 0.2) is 60.1 Å². The zero-order chi connectivity index (χ0) is 20.9. The van der Waals surface area contributed by atoms with Crippen molar-refractivity contribution >= 4 is 28.3 Å². The molecule has 6 nitrogen and oxygen atoms in total. The smallest absolute Gasteiger partial charge is 0.240 e. The van der Waals surface area contributed by atoms with Crippen molar-refractivity contribution in [2.24, 2.45) is 0 Å². The molecule has 0 spiro atoms. The zero-order valence-corrected chi connectivity index (χ0v) is 17.7. The summed E-state index contributed by atoms with van der Waals surface area (Å²) in [6.45, 7) is 0.759. The van der Waals surface area contributed by atoms with Crippen molar-refractivity contribution in [2.75, 3.05) is 20.8 Å². The van der Waals surface area contributed by atoms with Gasteiger partial charge in [-0.2, -0.15) is 0 Å². The van der Waals surface area contributed by atoms with E-state index in [-0.39, 0.29) is 12.5 Å². The standard InChI is InChI=1S/C23H23N3O3S/c1-28-19-8-7-16(13-20(19)29-2)9-11-24-22(27)15-26-18(21-6-4-12-30-21)14-17-5-3-10-25-23(17)26/h3-8,10,12-14H,9,11,15H2,1-2H3,(H,24,27). The molecule has 1 aromatic carbocycles. The number of ether oxygens (including phenoxy) is 2. The predicted molar refractivity (Wildman–Crippen MR) is 119 cm³/mol. The number of nitrogens with one attached hydrogen (secondary N) is 1. The zero-order valence-electron chi connectivity index (χ0n) is 16.9. The molecular weight excluding hydrogens is 398 g/mol. The fourth-order valence-electron chi connectivity index (χ4n) is 3.46. The second-order valence-corrected chi connectivity index (χ2v) is 7.75. The van der Waals surface area contributed by atoms with Gasteiger partial charge in [-0.05, 0) is 53.8 Å². The first-order chi connectivity index (χ1) is 14.7. The van der Waals surface area contributed by atoms with E-state index in [4.69, 9.17) is 9.47 Å². The summed E-state index contributed by atoms with van der Waals surface area (Å²) in [5, 5.41) is 6.08. The number of methoxy groups -OCH3 is 2. The number of carbonyl (C=O) groups is 1. The van der Waals surface area contributed by atoms with Crippen molar-refractivity contribution in [3.63, 3.8) is 0 Å². The third-order valence-corrected chi connectivity index (χ3v) is 5.81. The summed E-state index contributed by atoms with van der Waals surface area (Å²) < 4.78 is 12.6. The van der Waals surface area contributed by atoms with Crippen LogP contribution in [0.3, 0.4) is 0 Å². The Bertz CT molecular complexity index is 1150. The van der Waals surface area contributed by atoms with Gasteiger partial charge >= 0.3 is 0 Å². The Hall–Kier alpha value is -3.32. The first kappa shape index (κ1) is 20.0. The molecule has 0 saturated carbocycles. The number of amides is 1. The predicted octanol–water partition coefficient (Wildman–Crippen LogP) is 4.14. The van der Waals surface area contributed by atoms with E-state index in [1.807, 2.05) is 46.3 Å². The van der Waals surface area contributed by atoms with Crippen LogP contribution in [0.4, 0.5) is 0 Å². The number of aromatic nitrogens is 2. The molecule has 0 atom stereocenters. The number of hydrogen-bond donors (Lipinski definition) is 1. The molecule has 1 amide bonds. The molecule has 3 aromatic heterocycles. The second-order valence-electron chi connectivity index (χ2n) is 6.80. The van der Waals surface area contributed by atoms with Gasteiger partial charge in [0.15, 0.2) is 11.5 Å². The van der Waals surface area contributed by atoms with Gasteiger partial charge in [0.25, 0.3) is 0 Å². The number of rotatable bonds is 8. The molecular formula is C23H23N3O3S. The summed E-state index contributed by atoms with van der Waals surface area (Å²) in [6, 6.07) is 15.9. The van der Waals surface area contributed by atoms with Gasteiger partial charge in [-0.25, -0.2) is 4.98 Å². The number of carbonyl (C=O) groups excluding carboxylic acids is 1. The molecule has 1 N–H and O–H groups in total. The van der Waals surface area contributed by atoms with Gasteiger partial charge < -0.3 is 19.4 Å². The Kier molecular flexibility index (Phi) is 5.99. The molecule has 0 fully saturated rings. The summed E-state index contributed by atoms with van der Waals surface area (Å²) in [4.78, 5) is 18.3. The molecule has 4 rings (SSSR count). The Balaban J connectivity index is 1.45. The van der Waals surface area contributed by atoms with E-state index in [0.717, 1.165) is 27.2 Å². The van der Waals surface area contributed by atoms with Crippen LogP contribution in [-0.2, 0) is 17.8 Å². The average molecular weight is 422 g/mol. The highest BCUT2D eigenvalue weighted by molar-refractivity contribution is 7.13. The lowest BCUT2D eigenvalue weighted by Gasteiger charge is -2.11. The Labute approximate surface area is 179 Å². The Morgan fingerprint density at radius 2 is 1.97 bits per heavy atom. The van der Waals surface area contributed by atoms with Gasteiger partial charge in [0, 0.05) is 18.1 Å². The maximum absolute atomic E-state index is 12.7. The number of fused-ring (bicyclic) bond motifs is 1. The Morgan fingerprint density at radius 1 is 1.10 bits per heavy atom. The molecule has 30 heavy (non-hydrogen) atoms. The molecule has 0 bridgehead atoms. The number of nitrogens with zero attached hydrogens (tertiary/aromatic N) is 2. The largest absolute Gasteiger partial charge is 0.493 e. The van der Waals surface area contributed by atoms with Crippen molar-refractivity contribution in [3.05, 3.63) is 65.7 Å². The molecule has 3 heterocycles. The normalized spacial score (nSPS) is 10.9. The fourth-order valence-corrected chi connectivity index (χ4v) is 4.21. The van der Waals surface area contributed by atoms with Crippen molar-refractivity contribution in [1.29, 1.82) is 0 Å². The molecule has 0 unspecified atom stereocenters. The van der Waals surface area contributed by atoms with Crippen LogP contribution in [0.5, 0.6) is 11.5 Å². The minimum atomic E-state index is -0.0450. The van der Waals surface area contributed by atoms with E-state index >= 15 is 0 Å². The summed E-state index contributed by atoms with van der Waals surface area (Å²) in [5.74, 6) is 1.33. The maximum Gasteiger partial charge on any atom is 0.240 e. The van der Waals surface area contributed by atoms with Crippen molar-refractivity contribution in [3.8, 4) is 22.1 Å². The first-order valence-electron chi connectivity index (χ1n) is 9.65. The van der Waals surface area contributed by atoms with Crippen molar-refractivity contribution < 1.29 is 14.3 Å². The third kappa shape index (κ3) is 4.16. The van der Waals surface area contributed by atoms with Gasteiger partial charge in [0.1, 0.15) is 12.2 Å². The lowest BCUT2D eigenvalue weighted by Crippen LogP contribution is -2.29. The van der Waals surface area contributed by atoms with Crippen molar-refractivity contribution in [2.45, 2.75) is 13.0 Å². The molecule has 0 saturated heterocycles. The van der Waals surface area contributed by atoms with Crippen LogP contribution in [0.2, 0.25) is 0 Å². The molecule has 4 aromatic rings. The Morgan fingerprint density at radius 3 is 2.73 bits per heavy atom. The molecule has 7 heteroatoms. The number of hydrogen-bond acceptors (Lipinski definition) is 5. The molecule has 0 radical (unpaired) electrons. The van der Waals surface area contributed by atoms with Crippen LogP contribution in [-0.4, -0.2) is 36.2 Å². The van der Waals surface area contributed by atoms with Crippen LogP contribution < -0.4 is 14.8 Å². The topological polar surface area (TPSA) is 65.4 Å². The van der Waals surface area contributed by atoms with Gasteiger partial charge in [-0.15, -0.1) is 11.3 Å². The summed E-state index contributed by atoms with van der Waals surface area (Å²) in [7, 11) is 3.23. The van der Waals surface area contributed by atoms with E-state index in [1.165, 1.54) is 0 Å². The third-order valence-electron chi connectivity index (χ3n) is 4.91. The highest BCUT2D eigenvalue weighted by Gasteiger charge is 2.15. The monoisotopic (exact) mass is 421 g/mol. The lowest BCUT2D eigenvalue weighted by molar-refractivity contribution is -0.121. The molecule has 0 aliphatic carbocycles. The highest BCUT2D eigenvalue weighted by Crippen LogP contribution is 2.30. The minimum Gasteiger partial charge on any atom is -0.493 e. The summed E-state index contributed by atoms with van der Waals surface area (Å²) >= 11 is 1.65. The fraction of sp³-hybridized carbons (Fsp3) is 0.217. The van der Waals surface area contributed by atoms with Gasteiger partial charge in [-0.3, -0.25) is 4.79 Å². The molecule has 154 valence electrons. The highest BCUT2D eigenvalue weighted by atomic mass is 32.1. The average Bonchev–Trinajstić information content (AvgIpc) is 3.42. The SMILES string of the molecule is COc1ccc(CCNC(=O)Cn2c(-c3cccs3)cc3cccnc32)cc1OC. The minimum absolute atomic E-state index is 0.0450. The lowest BCUT2D eigenvalue weighted by atomic mass is 10.1. The van der Waals surface area contributed by atoms with Crippen molar-refractivity contribution in [1.82, 2.24) is 14.9 Å². The van der Waals surface area contributed by atoms with Crippen LogP contribution in [0.1, 0.15) is 5.56 Å². The maximum atomic E-state index is 12.7. The molecule has 0 aliphatic heterocycles. The number of pyridine rings is 1. The van der Waals surface area contributed by atoms with E-state index in [2.05, 4.69) is 22.4 Å². The van der Waals surface area contributed by atoms with E-state index in [0.29, 0.717) is 24.5 Å². The van der Waals surface area contributed by atoms with E-state index in [1.54, 1.807) is 31.8 Å². The van der Waals surface area contributed by atoms with Crippen LogP contribution in [0.25, 0.3) is 21.6 Å². The van der Waals surface area contributed by atoms with E-state index < -0.39 is 0 Å². The number of thiophene rings is 1. The van der Waals surface area contributed by atoms with Gasteiger partial charge in [0.05, 0.1) is 24.8 Å². The van der Waals surface area contributed by atoms with Crippen LogP contribution in [0, 0.1) is 0 Å². The van der Waals surface area contributed by atoms with E-state index in [9.17, 15) is 4.79 Å². The summed E-state index contributed by atoms with van der Waals surface area (Å²) in [5.41, 5.74) is 2.89. The van der Waals surface area contributed by atoms with Crippen LogP contribution >= 0.6 is 11.3 Å². The molecule has 0 aliphatic rings. The first-order valence-corrected chi connectivity index (χ1v) is 10.5. The summed E-state index contributed by atoms with van der Waals surface area (Å²) in [6.07, 6.45) is 2.46.